The van der Waals surface area contributed by atoms with Crippen molar-refractivity contribution in [3.8, 4) is 0 Å². The molecule has 0 amide bonds. The number of aromatic nitrogens is 1. The summed E-state index contributed by atoms with van der Waals surface area (Å²) in [5.41, 5.74) is 2.80. The maximum Gasteiger partial charge on any atom is 0.312 e. The number of hydrogen-bond acceptors (Lipinski definition) is 2. The predicted molar refractivity (Wildman–Crippen MR) is 86.4 cm³/mol. The molecular weight excluding hydrogens is 346 g/mol. The summed E-state index contributed by atoms with van der Waals surface area (Å²) in [5.74, 6) is -1.40. The number of benzene rings is 1. The standard InChI is InChI=1S/C17H16BrNO3/c1-10-8-14-13(17(21)22)6-3-7-19(14)15(10)16(20)11-4-2-5-12(18)9-11/h2,4-5,8-9,13H,3,6-7H2,1H3,(H,21,22). The van der Waals surface area contributed by atoms with Gasteiger partial charge in [-0.15, -0.1) is 0 Å². The Morgan fingerprint density at radius 1 is 1.32 bits per heavy atom. The normalized spacial score (nSPS) is 17.1. The third-order valence-corrected chi connectivity index (χ3v) is 4.64. The Kier molecular flexibility index (Phi) is 3.91. The molecule has 114 valence electrons. The second kappa shape index (κ2) is 5.72. The van der Waals surface area contributed by atoms with E-state index in [1.807, 2.05) is 29.7 Å². The number of hydrogen-bond donors (Lipinski definition) is 1. The van der Waals surface area contributed by atoms with Crippen molar-refractivity contribution in [1.82, 2.24) is 4.57 Å². The first-order valence-corrected chi connectivity index (χ1v) is 8.01. The summed E-state index contributed by atoms with van der Waals surface area (Å²) in [5, 5.41) is 9.37. The molecule has 22 heavy (non-hydrogen) atoms. The Morgan fingerprint density at radius 2 is 2.09 bits per heavy atom. The van der Waals surface area contributed by atoms with E-state index in [4.69, 9.17) is 0 Å². The predicted octanol–water partition coefficient (Wildman–Crippen LogP) is 3.75. The van der Waals surface area contributed by atoms with Crippen LogP contribution in [-0.2, 0) is 11.3 Å². The minimum Gasteiger partial charge on any atom is -0.481 e. The van der Waals surface area contributed by atoms with Crippen LogP contribution in [-0.4, -0.2) is 21.4 Å². The molecule has 0 saturated heterocycles. The zero-order valence-corrected chi connectivity index (χ0v) is 13.8. The maximum absolute atomic E-state index is 12.8. The van der Waals surface area contributed by atoms with Crippen LogP contribution in [0.5, 0.6) is 0 Å². The van der Waals surface area contributed by atoms with Gasteiger partial charge in [0.05, 0.1) is 11.6 Å². The Morgan fingerprint density at radius 3 is 2.77 bits per heavy atom. The van der Waals surface area contributed by atoms with Gasteiger partial charge in [-0.05, 0) is 43.5 Å². The van der Waals surface area contributed by atoms with Gasteiger partial charge in [-0.3, -0.25) is 9.59 Å². The molecule has 5 heteroatoms. The monoisotopic (exact) mass is 361 g/mol. The largest absolute Gasteiger partial charge is 0.481 e. The van der Waals surface area contributed by atoms with Crippen LogP contribution < -0.4 is 0 Å². The summed E-state index contributed by atoms with van der Waals surface area (Å²) < 4.78 is 2.74. The molecule has 2 heterocycles. The molecule has 2 aromatic rings. The van der Waals surface area contributed by atoms with Crippen molar-refractivity contribution in [1.29, 1.82) is 0 Å². The fourth-order valence-corrected chi connectivity index (χ4v) is 3.56. The highest BCUT2D eigenvalue weighted by Crippen LogP contribution is 2.32. The average Bonchev–Trinajstić information content (AvgIpc) is 2.82. The maximum atomic E-state index is 12.8. The lowest BCUT2D eigenvalue weighted by Gasteiger charge is -2.23. The second-order valence-corrected chi connectivity index (χ2v) is 6.54. The lowest BCUT2D eigenvalue weighted by atomic mass is 9.96. The first kappa shape index (κ1) is 15.0. The fourth-order valence-electron chi connectivity index (χ4n) is 3.16. The summed E-state index contributed by atoms with van der Waals surface area (Å²) in [6.07, 6.45) is 1.40. The van der Waals surface area contributed by atoms with E-state index in [2.05, 4.69) is 15.9 Å². The first-order valence-electron chi connectivity index (χ1n) is 7.22. The zero-order chi connectivity index (χ0) is 15.9. The van der Waals surface area contributed by atoms with Gasteiger partial charge in [-0.1, -0.05) is 28.1 Å². The number of aryl methyl sites for hydroxylation is 1. The number of halogens is 1. The number of aliphatic carboxylic acids is 1. The van der Waals surface area contributed by atoms with Crippen LogP contribution in [0, 0.1) is 6.92 Å². The minimum absolute atomic E-state index is 0.0592. The molecule has 0 saturated carbocycles. The van der Waals surface area contributed by atoms with E-state index in [1.54, 1.807) is 12.1 Å². The number of carboxylic acid groups (broad SMARTS) is 1. The topological polar surface area (TPSA) is 59.3 Å². The van der Waals surface area contributed by atoms with Gasteiger partial charge in [0, 0.05) is 22.3 Å². The molecule has 0 aliphatic carbocycles. The quantitative estimate of drug-likeness (QED) is 0.846. The van der Waals surface area contributed by atoms with Gasteiger partial charge in [0.25, 0.3) is 0 Å². The first-order chi connectivity index (χ1) is 10.5. The smallest absolute Gasteiger partial charge is 0.312 e. The van der Waals surface area contributed by atoms with Gasteiger partial charge in [0.15, 0.2) is 0 Å². The van der Waals surface area contributed by atoms with Crippen molar-refractivity contribution in [3.63, 3.8) is 0 Å². The van der Waals surface area contributed by atoms with Crippen molar-refractivity contribution < 1.29 is 14.7 Å². The van der Waals surface area contributed by atoms with Crippen molar-refractivity contribution in [2.45, 2.75) is 32.2 Å². The van der Waals surface area contributed by atoms with Crippen molar-refractivity contribution in [3.05, 3.63) is 57.3 Å². The van der Waals surface area contributed by atoms with Gasteiger partial charge in [0.2, 0.25) is 5.78 Å². The van der Waals surface area contributed by atoms with Crippen molar-refractivity contribution >= 4 is 27.7 Å². The number of carboxylic acids is 1. The van der Waals surface area contributed by atoms with Crippen LogP contribution in [0.25, 0.3) is 0 Å². The fraction of sp³-hybridized carbons (Fsp3) is 0.294. The zero-order valence-electron chi connectivity index (χ0n) is 12.2. The lowest BCUT2D eigenvalue weighted by Crippen LogP contribution is -2.24. The summed E-state index contributed by atoms with van der Waals surface area (Å²) in [4.78, 5) is 24.3. The van der Waals surface area contributed by atoms with Crippen LogP contribution in [0.4, 0.5) is 0 Å². The van der Waals surface area contributed by atoms with Gasteiger partial charge < -0.3 is 9.67 Å². The number of carbonyl (C=O) groups excluding carboxylic acids is 1. The Labute approximate surface area is 136 Å². The SMILES string of the molecule is Cc1cc2n(c1C(=O)c1cccc(Br)c1)CCCC2C(=O)O. The molecule has 0 bridgehead atoms. The number of carbonyl (C=O) groups is 2. The van der Waals surface area contributed by atoms with E-state index in [0.717, 1.165) is 22.2 Å². The molecule has 0 fully saturated rings. The average molecular weight is 362 g/mol. The molecule has 1 aliphatic heterocycles. The molecule has 3 rings (SSSR count). The molecule has 4 nitrogen and oxygen atoms in total. The van der Waals surface area contributed by atoms with Crippen LogP contribution in [0.2, 0.25) is 0 Å². The van der Waals surface area contributed by atoms with Gasteiger partial charge in [-0.25, -0.2) is 0 Å². The highest BCUT2D eigenvalue weighted by molar-refractivity contribution is 9.10. The number of fused-ring (bicyclic) bond motifs is 1. The summed E-state index contributed by atoms with van der Waals surface area (Å²) >= 11 is 3.38. The van der Waals surface area contributed by atoms with Gasteiger partial charge in [0.1, 0.15) is 0 Å². The third-order valence-electron chi connectivity index (χ3n) is 4.15. The van der Waals surface area contributed by atoms with E-state index in [0.29, 0.717) is 24.2 Å². The van der Waals surface area contributed by atoms with Crippen LogP contribution >= 0.6 is 15.9 Å². The van der Waals surface area contributed by atoms with Crippen molar-refractivity contribution in [2.75, 3.05) is 0 Å². The molecule has 1 aromatic carbocycles. The summed E-state index contributed by atoms with van der Waals surface area (Å²) in [6.45, 7) is 2.57. The molecule has 1 atom stereocenters. The van der Waals surface area contributed by atoms with Crippen molar-refractivity contribution in [2.24, 2.45) is 0 Å². The van der Waals surface area contributed by atoms with E-state index in [9.17, 15) is 14.7 Å². The molecule has 1 N–H and O–H groups in total. The van der Waals surface area contributed by atoms with E-state index < -0.39 is 11.9 Å². The molecule has 1 aromatic heterocycles. The van der Waals surface area contributed by atoms with Crippen LogP contribution in [0.3, 0.4) is 0 Å². The van der Waals surface area contributed by atoms with Crippen LogP contribution in [0.15, 0.2) is 34.8 Å². The van der Waals surface area contributed by atoms with E-state index >= 15 is 0 Å². The highest BCUT2D eigenvalue weighted by atomic mass is 79.9. The molecule has 1 unspecified atom stereocenters. The van der Waals surface area contributed by atoms with Gasteiger partial charge >= 0.3 is 5.97 Å². The Balaban J connectivity index is 2.09. The molecule has 0 spiro atoms. The number of nitrogens with zero attached hydrogens (tertiary/aromatic N) is 1. The third kappa shape index (κ3) is 2.50. The minimum atomic E-state index is -0.820. The van der Waals surface area contributed by atoms with Gasteiger partial charge in [-0.2, -0.15) is 0 Å². The highest BCUT2D eigenvalue weighted by Gasteiger charge is 2.31. The Hall–Kier alpha value is -1.88. The number of ketones is 1. The molecular formula is C17H16BrNO3. The number of rotatable bonds is 3. The van der Waals surface area contributed by atoms with Crippen LogP contribution in [0.1, 0.15) is 46.1 Å². The molecule has 1 aliphatic rings. The lowest BCUT2D eigenvalue weighted by molar-refractivity contribution is -0.139. The Bertz CT molecular complexity index is 763. The second-order valence-electron chi connectivity index (χ2n) is 5.62. The summed E-state index contributed by atoms with van der Waals surface area (Å²) in [7, 11) is 0. The summed E-state index contributed by atoms with van der Waals surface area (Å²) in [6, 6.07) is 9.12. The van der Waals surface area contributed by atoms with E-state index in [-0.39, 0.29) is 5.78 Å². The molecule has 0 radical (unpaired) electrons. The van der Waals surface area contributed by atoms with E-state index in [1.165, 1.54) is 0 Å².